The second kappa shape index (κ2) is 6.64. The number of guanidine groups is 1. The van der Waals surface area contributed by atoms with Crippen LogP contribution in [0.1, 0.15) is 20.8 Å². The highest BCUT2D eigenvalue weighted by Gasteiger charge is 2.40. The SMILES string of the molecule is CCNC(=NCC(=O)N(C)C)N1CCS(=O)(=O)C(C)(C)C1. The lowest BCUT2D eigenvalue weighted by Crippen LogP contribution is -2.57. The molecule has 7 nitrogen and oxygen atoms in total. The van der Waals surface area contributed by atoms with Crippen LogP contribution < -0.4 is 5.32 Å². The summed E-state index contributed by atoms with van der Waals surface area (Å²) < 4.78 is 23.3. The van der Waals surface area contributed by atoms with Crippen LogP contribution in [0.4, 0.5) is 0 Å². The minimum absolute atomic E-state index is 0.0546. The molecule has 122 valence electrons. The summed E-state index contributed by atoms with van der Waals surface area (Å²) in [4.78, 5) is 19.4. The van der Waals surface area contributed by atoms with E-state index in [1.807, 2.05) is 11.8 Å². The predicted octanol–water partition coefficient (Wildman–Crippen LogP) is -0.451. The fourth-order valence-electron chi connectivity index (χ4n) is 2.03. The summed E-state index contributed by atoms with van der Waals surface area (Å²) in [6, 6.07) is 0. The molecule has 1 fully saturated rings. The van der Waals surface area contributed by atoms with Crippen molar-refractivity contribution in [3.8, 4) is 0 Å². The maximum atomic E-state index is 12.0. The van der Waals surface area contributed by atoms with Crippen molar-refractivity contribution in [2.24, 2.45) is 4.99 Å². The van der Waals surface area contributed by atoms with Gasteiger partial charge in [-0.3, -0.25) is 4.79 Å². The Kier molecular flexibility index (Phi) is 5.61. The van der Waals surface area contributed by atoms with Crippen molar-refractivity contribution in [1.82, 2.24) is 15.1 Å². The minimum Gasteiger partial charge on any atom is -0.357 e. The molecule has 0 radical (unpaired) electrons. The van der Waals surface area contributed by atoms with Crippen LogP contribution in [0, 0.1) is 0 Å². The first-order chi connectivity index (χ1) is 9.60. The quantitative estimate of drug-likeness (QED) is 0.563. The van der Waals surface area contributed by atoms with E-state index in [0.29, 0.717) is 25.6 Å². The van der Waals surface area contributed by atoms with Crippen molar-refractivity contribution in [2.75, 3.05) is 46.0 Å². The van der Waals surface area contributed by atoms with E-state index in [0.717, 1.165) is 0 Å². The normalized spacial score (nSPS) is 21.0. The summed E-state index contributed by atoms with van der Waals surface area (Å²) in [5.41, 5.74) is 0. The Morgan fingerprint density at radius 1 is 1.38 bits per heavy atom. The van der Waals surface area contributed by atoms with E-state index >= 15 is 0 Å². The van der Waals surface area contributed by atoms with Crippen molar-refractivity contribution in [3.05, 3.63) is 0 Å². The highest BCUT2D eigenvalue weighted by Crippen LogP contribution is 2.23. The van der Waals surface area contributed by atoms with Gasteiger partial charge in [0.25, 0.3) is 0 Å². The van der Waals surface area contributed by atoms with Gasteiger partial charge in [-0.25, -0.2) is 13.4 Å². The fraction of sp³-hybridized carbons (Fsp3) is 0.846. The van der Waals surface area contributed by atoms with Crippen molar-refractivity contribution < 1.29 is 13.2 Å². The third kappa shape index (κ3) is 4.33. The number of hydrogen-bond donors (Lipinski definition) is 1. The lowest BCUT2D eigenvalue weighted by molar-refractivity contribution is -0.127. The zero-order chi connectivity index (χ0) is 16.3. The van der Waals surface area contributed by atoms with Gasteiger partial charge in [-0.05, 0) is 20.8 Å². The number of likely N-dealkylation sites (N-methyl/N-ethyl adjacent to an activating group) is 1. The Morgan fingerprint density at radius 2 is 2.00 bits per heavy atom. The number of aliphatic imine (C=N–C) groups is 1. The molecule has 21 heavy (non-hydrogen) atoms. The van der Waals surface area contributed by atoms with Crippen molar-refractivity contribution in [2.45, 2.75) is 25.5 Å². The Balaban J connectivity index is 2.87. The molecule has 0 atom stereocenters. The van der Waals surface area contributed by atoms with Crippen LogP contribution in [-0.2, 0) is 14.6 Å². The van der Waals surface area contributed by atoms with Gasteiger partial charge >= 0.3 is 0 Å². The Morgan fingerprint density at radius 3 is 2.48 bits per heavy atom. The molecule has 0 aromatic carbocycles. The number of carbonyl (C=O) groups is 1. The van der Waals surface area contributed by atoms with Gasteiger partial charge in [0, 0.05) is 33.7 Å². The first kappa shape index (κ1) is 17.7. The summed E-state index contributed by atoms with van der Waals surface area (Å²) >= 11 is 0. The highest BCUT2D eigenvalue weighted by atomic mass is 32.2. The molecule has 1 aliphatic heterocycles. The summed E-state index contributed by atoms with van der Waals surface area (Å²) in [5.74, 6) is 0.608. The maximum absolute atomic E-state index is 12.0. The van der Waals surface area contributed by atoms with Crippen LogP contribution >= 0.6 is 0 Å². The number of rotatable bonds is 3. The molecule has 1 amide bonds. The monoisotopic (exact) mass is 318 g/mol. The van der Waals surface area contributed by atoms with Gasteiger partial charge in [0.05, 0.1) is 10.5 Å². The highest BCUT2D eigenvalue weighted by molar-refractivity contribution is 7.92. The Hall–Kier alpha value is -1.31. The molecule has 0 aromatic heterocycles. The molecule has 1 rings (SSSR count). The second-order valence-electron chi connectivity index (χ2n) is 5.96. The van der Waals surface area contributed by atoms with Gasteiger partial charge in [-0.2, -0.15) is 0 Å². The first-order valence-corrected chi connectivity index (χ1v) is 8.71. The molecule has 1 saturated heterocycles. The van der Waals surface area contributed by atoms with Crippen molar-refractivity contribution in [3.63, 3.8) is 0 Å². The topological polar surface area (TPSA) is 82.1 Å². The van der Waals surface area contributed by atoms with Crippen LogP contribution in [0.3, 0.4) is 0 Å². The number of nitrogens with zero attached hydrogens (tertiary/aromatic N) is 3. The third-order valence-electron chi connectivity index (χ3n) is 3.54. The molecule has 1 heterocycles. The minimum atomic E-state index is -3.09. The number of carbonyl (C=O) groups excluding carboxylic acids is 1. The lowest BCUT2D eigenvalue weighted by atomic mass is 10.2. The van der Waals surface area contributed by atoms with E-state index in [9.17, 15) is 13.2 Å². The summed E-state index contributed by atoms with van der Waals surface area (Å²) in [5, 5.41) is 3.12. The number of amides is 1. The van der Waals surface area contributed by atoms with Crippen LogP contribution in [0.2, 0.25) is 0 Å². The molecule has 0 bridgehead atoms. The van der Waals surface area contributed by atoms with Gasteiger partial charge < -0.3 is 15.1 Å². The molecule has 1 aliphatic rings. The fourth-order valence-corrected chi connectivity index (χ4v) is 3.40. The summed E-state index contributed by atoms with van der Waals surface area (Å²) in [7, 11) is 0.277. The molecule has 0 spiro atoms. The van der Waals surface area contributed by atoms with Gasteiger partial charge in [-0.15, -0.1) is 0 Å². The maximum Gasteiger partial charge on any atom is 0.243 e. The van der Waals surface area contributed by atoms with Crippen LogP contribution in [0.15, 0.2) is 4.99 Å². The number of hydrogen-bond acceptors (Lipinski definition) is 4. The van der Waals surface area contributed by atoms with E-state index < -0.39 is 14.6 Å². The zero-order valence-electron chi connectivity index (χ0n) is 13.5. The van der Waals surface area contributed by atoms with E-state index in [4.69, 9.17) is 0 Å². The Bertz CT molecular complexity index is 512. The van der Waals surface area contributed by atoms with Crippen LogP contribution in [-0.4, -0.2) is 80.9 Å². The molecule has 0 unspecified atom stereocenters. The van der Waals surface area contributed by atoms with Gasteiger partial charge in [0.1, 0.15) is 6.54 Å². The molecule has 0 saturated carbocycles. The summed E-state index contributed by atoms with van der Waals surface area (Å²) in [6.07, 6.45) is 0. The van der Waals surface area contributed by atoms with E-state index in [1.54, 1.807) is 27.9 Å². The van der Waals surface area contributed by atoms with Crippen LogP contribution in [0.5, 0.6) is 0 Å². The molecular weight excluding hydrogens is 292 g/mol. The molecule has 0 aromatic rings. The van der Waals surface area contributed by atoms with Gasteiger partial charge in [0.15, 0.2) is 15.8 Å². The second-order valence-corrected chi connectivity index (χ2v) is 8.70. The average Bonchev–Trinajstić information content (AvgIpc) is 2.37. The first-order valence-electron chi connectivity index (χ1n) is 7.06. The molecular formula is C13H26N4O3S. The van der Waals surface area contributed by atoms with Gasteiger partial charge in [0.2, 0.25) is 5.91 Å². The zero-order valence-corrected chi connectivity index (χ0v) is 14.3. The van der Waals surface area contributed by atoms with E-state index in [1.165, 1.54) is 4.90 Å². The largest absolute Gasteiger partial charge is 0.357 e. The third-order valence-corrected chi connectivity index (χ3v) is 6.07. The molecule has 0 aliphatic carbocycles. The van der Waals surface area contributed by atoms with Gasteiger partial charge in [-0.1, -0.05) is 0 Å². The molecule has 8 heteroatoms. The van der Waals surface area contributed by atoms with E-state index in [-0.39, 0.29) is 18.2 Å². The Labute approximate surface area is 127 Å². The number of nitrogens with one attached hydrogen (secondary N) is 1. The smallest absolute Gasteiger partial charge is 0.243 e. The number of sulfone groups is 1. The van der Waals surface area contributed by atoms with Crippen molar-refractivity contribution in [1.29, 1.82) is 0 Å². The lowest BCUT2D eigenvalue weighted by Gasteiger charge is -2.39. The standard InChI is InChI=1S/C13H26N4O3S/c1-6-14-12(15-9-11(18)16(4)5)17-7-8-21(19,20)13(2,3)10-17/h6-10H2,1-5H3,(H,14,15). The van der Waals surface area contributed by atoms with E-state index in [2.05, 4.69) is 10.3 Å². The predicted molar refractivity (Wildman–Crippen MR) is 84.1 cm³/mol. The average molecular weight is 318 g/mol. The summed E-state index contributed by atoms with van der Waals surface area (Å²) in [6.45, 7) is 6.88. The van der Waals surface area contributed by atoms with Crippen molar-refractivity contribution >= 4 is 21.7 Å². The molecule has 1 N–H and O–H groups in total. The van der Waals surface area contributed by atoms with Crippen LogP contribution in [0.25, 0.3) is 0 Å².